The number of halogens is 1. The smallest absolute Gasteiger partial charge is 0.267 e. The molecule has 7 nitrogen and oxygen atoms in total. The summed E-state index contributed by atoms with van der Waals surface area (Å²) in [6.07, 6.45) is -0.875. The average Bonchev–Trinajstić information content (AvgIpc) is 3.12. The lowest BCUT2D eigenvalue weighted by Crippen LogP contribution is -2.55. The number of morpholine rings is 1. The largest absolute Gasteiger partial charge is 0.389 e. The van der Waals surface area contributed by atoms with Crippen molar-refractivity contribution in [2.24, 2.45) is 0 Å². The van der Waals surface area contributed by atoms with Crippen LogP contribution in [0.1, 0.15) is 9.67 Å². The van der Waals surface area contributed by atoms with E-state index in [1.807, 2.05) is 30.3 Å². The number of hydrogen-bond acceptors (Lipinski definition) is 6. The number of carbonyl (C=O) groups is 2. The zero-order valence-corrected chi connectivity index (χ0v) is 16.1. The number of carbonyl (C=O) groups excluding carboxylic acids is 2. The molecule has 2 aromatic rings. The Hall–Kier alpha value is -2.13. The maximum atomic E-state index is 12.2. The number of aliphatic hydroxyl groups is 1. The Morgan fingerprint density at radius 1 is 1.33 bits per heavy atom. The number of amides is 2. The van der Waals surface area contributed by atoms with E-state index in [2.05, 4.69) is 5.32 Å². The van der Waals surface area contributed by atoms with Crippen LogP contribution in [0.3, 0.4) is 0 Å². The maximum Gasteiger partial charge on any atom is 0.267 e. The lowest BCUT2D eigenvalue weighted by molar-refractivity contribution is -0.143. The number of nitrogens with zero attached hydrogens (tertiary/aromatic N) is 2. The highest BCUT2D eigenvalue weighted by Crippen LogP contribution is 2.21. The molecule has 1 aliphatic rings. The van der Waals surface area contributed by atoms with Crippen LogP contribution in [0.25, 0.3) is 0 Å². The summed E-state index contributed by atoms with van der Waals surface area (Å²) in [4.78, 5) is 24.8. The fraction of sp³-hybridized carbons (Fsp3) is 0.333. The number of ether oxygens (including phenoxy) is 1. The van der Waals surface area contributed by atoms with Crippen LogP contribution in [0, 0.1) is 0 Å². The highest BCUT2D eigenvalue weighted by atomic mass is 35.5. The van der Waals surface area contributed by atoms with Gasteiger partial charge in [0, 0.05) is 6.54 Å². The fourth-order valence-corrected chi connectivity index (χ4v) is 3.67. The van der Waals surface area contributed by atoms with Crippen LogP contribution in [0.15, 0.2) is 42.5 Å². The first-order valence-electron chi connectivity index (χ1n) is 8.47. The van der Waals surface area contributed by atoms with Gasteiger partial charge in [0.05, 0.1) is 40.7 Å². The average molecular weight is 410 g/mol. The number of rotatable bonds is 7. The molecule has 2 heterocycles. The summed E-state index contributed by atoms with van der Waals surface area (Å²) in [6.45, 7) is 1.05. The molecule has 0 spiro atoms. The summed E-state index contributed by atoms with van der Waals surface area (Å²) in [7, 11) is 0. The van der Waals surface area contributed by atoms with E-state index >= 15 is 0 Å². The molecule has 2 N–H and O–H groups in total. The van der Waals surface area contributed by atoms with Crippen molar-refractivity contribution in [1.29, 1.82) is 0 Å². The second-order valence-electron chi connectivity index (χ2n) is 5.95. The van der Waals surface area contributed by atoms with E-state index in [0.717, 1.165) is 5.69 Å². The van der Waals surface area contributed by atoms with Gasteiger partial charge in [-0.1, -0.05) is 29.8 Å². The predicted molar refractivity (Wildman–Crippen MR) is 104 cm³/mol. The Morgan fingerprint density at radius 2 is 2.11 bits per heavy atom. The summed E-state index contributed by atoms with van der Waals surface area (Å²) in [5.41, 5.74) is 0.781. The first kappa shape index (κ1) is 19.6. The van der Waals surface area contributed by atoms with E-state index in [0.29, 0.717) is 22.4 Å². The topological polar surface area (TPSA) is 82.1 Å². The number of benzene rings is 1. The Morgan fingerprint density at radius 3 is 2.78 bits per heavy atom. The van der Waals surface area contributed by atoms with E-state index < -0.39 is 6.10 Å². The predicted octanol–water partition coefficient (Wildman–Crippen LogP) is 1.77. The number of hydrazine groups is 1. The number of hydrogen-bond donors (Lipinski definition) is 2. The van der Waals surface area contributed by atoms with Crippen molar-refractivity contribution in [3.63, 3.8) is 0 Å². The highest BCUT2D eigenvalue weighted by Gasteiger charge is 2.27. The lowest BCUT2D eigenvalue weighted by Gasteiger charge is -2.39. The molecule has 3 rings (SSSR count). The Bertz CT molecular complexity index is 786. The number of anilines is 1. The molecule has 1 atom stereocenters. The van der Waals surface area contributed by atoms with Crippen molar-refractivity contribution in [2.45, 2.75) is 6.10 Å². The molecule has 0 saturated carbocycles. The third kappa shape index (κ3) is 5.20. The van der Waals surface area contributed by atoms with Crippen molar-refractivity contribution >= 4 is 40.4 Å². The van der Waals surface area contributed by atoms with E-state index in [9.17, 15) is 14.7 Å². The molecule has 0 bridgehead atoms. The SMILES string of the molecule is O=C(NC[C@H](O)CN(c1ccccc1)N1CCOCC1=O)c1ccc(Cl)s1. The van der Waals surface area contributed by atoms with Gasteiger partial charge >= 0.3 is 0 Å². The Balaban J connectivity index is 1.64. The van der Waals surface area contributed by atoms with Gasteiger partial charge in [0.1, 0.15) is 6.61 Å². The van der Waals surface area contributed by atoms with Gasteiger partial charge in [0.2, 0.25) is 0 Å². The Labute approximate surface area is 166 Å². The van der Waals surface area contributed by atoms with Gasteiger partial charge in [-0.05, 0) is 24.3 Å². The van der Waals surface area contributed by atoms with E-state index in [-0.39, 0.29) is 31.5 Å². The minimum atomic E-state index is -0.875. The molecule has 1 aromatic heterocycles. The lowest BCUT2D eigenvalue weighted by atomic mass is 10.2. The molecule has 1 saturated heterocycles. The Kier molecular flexibility index (Phi) is 6.68. The van der Waals surface area contributed by atoms with Crippen molar-refractivity contribution in [3.8, 4) is 0 Å². The second-order valence-corrected chi connectivity index (χ2v) is 7.67. The zero-order valence-electron chi connectivity index (χ0n) is 14.5. The third-order valence-corrected chi connectivity index (χ3v) is 5.22. The molecular formula is C18H20ClN3O4S. The molecule has 1 aliphatic heterocycles. The molecule has 2 amide bonds. The van der Waals surface area contributed by atoms with Gasteiger partial charge in [0.25, 0.3) is 11.8 Å². The van der Waals surface area contributed by atoms with Gasteiger partial charge in [-0.15, -0.1) is 11.3 Å². The van der Waals surface area contributed by atoms with Crippen LogP contribution in [0.4, 0.5) is 5.69 Å². The normalized spacial score (nSPS) is 15.5. The molecule has 0 unspecified atom stereocenters. The first-order chi connectivity index (χ1) is 13.0. The second kappa shape index (κ2) is 9.18. The monoisotopic (exact) mass is 409 g/mol. The molecule has 27 heavy (non-hydrogen) atoms. The van der Waals surface area contributed by atoms with Crippen molar-refractivity contribution in [2.75, 3.05) is 37.9 Å². The summed E-state index contributed by atoms with van der Waals surface area (Å²) < 4.78 is 5.72. The first-order valence-corrected chi connectivity index (χ1v) is 9.66. The number of nitrogens with one attached hydrogen (secondary N) is 1. The van der Waals surface area contributed by atoms with Crippen molar-refractivity contribution in [3.05, 3.63) is 51.7 Å². The number of thiophene rings is 1. The van der Waals surface area contributed by atoms with Gasteiger partial charge in [-0.2, -0.15) is 0 Å². The molecule has 144 valence electrons. The van der Waals surface area contributed by atoms with Crippen LogP contribution in [0.5, 0.6) is 0 Å². The quantitative estimate of drug-likeness (QED) is 0.728. The highest BCUT2D eigenvalue weighted by molar-refractivity contribution is 7.17. The summed E-state index contributed by atoms with van der Waals surface area (Å²) in [5.74, 6) is -0.464. The molecule has 1 fully saturated rings. The number of para-hydroxylation sites is 1. The number of aliphatic hydroxyl groups excluding tert-OH is 1. The molecule has 0 radical (unpaired) electrons. The van der Waals surface area contributed by atoms with Crippen molar-refractivity contribution < 1.29 is 19.4 Å². The van der Waals surface area contributed by atoms with Gasteiger partial charge in [0.15, 0.2) is 0 Å². The van der Waals surface area contributed by atoms with E-state index in [1.54, 1.807) is 22.2 Å². The standard InChI is InChI=1S/C18H20ClN3O4S/c19-16-7-6-15(27-16)18(25)20-10-14(23)11-22(13-4-2-1-3-5-13)21-8-9-26-12-17(21)24/h1-7,14,23H,8-12H2,(H,20,25)/t14-/m0/s1. The van der Waals surface area contributed by atoms with Crippen LogP contribution < -0.4 is 10.3 Å². The van der Waals surface area contributed by atoms with Gasteiger partial charge in [-0.25, -0.2) is 5.01 Å². The van der Waals surface area contributed by atoms with Gasteiger partial charge < -0.3 is 15.2 Å². The van der Waals surface area contributed by atoms with Crippen LogP contribution in [-0.4, -0.2) is 60.9 Å². The van der Waals surface area contributed by atoms with Gasteiger partial charge in [-0.3, -0.25) is 14.6 Å². The summed E-state index contributed by atoms with van der Waals surface area (Å²) in [5, 5.41) is 16.4. The molecular weight excluding hydrogens is 390 g/mol. The minimum absolute atomic E-state index is 0.00923. The summed E-state index contributed by atoms with van der Waals surface area (Å²) in [6, 6.07) is 12.6. The third-order valence-electron chi connectivity index (χ3n) is 3.99. The molecule has 9 heteroatoms. The zero-order chi connectivity index (χ0) is 19.2. The molecule has 0 aliphatic carbocycles. The fourth-order valence-electron chi connectivity index (χ4n) is 2.71. The van der Waals surface area contributed by atoms with Crippen molar-refractivity contribution in [1.82, 2.24) is 10.3 Å². The minimum Gasteiger partial charge on any atom is -0.389 e. The maximum absolute atomic E-state index is 12.2. The van der Waals surface area contributed by atoms with E-state index in [1.165, 1.54) is 11.3 Å². The van der Waals surface area contributed by atoms with Crippen LogP contribution in [-0.2, 0) is 9.53 Å². The molecule has 1 aromatic carbocycles. The van der Waals surface area contributed by atoms with Crippen LogP contribution in [0.2, 0.25) is 4.34 Å². The van der Waals surface area contributed by atoms with Crippen LogP contribution >= 0.6 is 22.9 Å². The summed E-state index contributed by atoms with van der Waals surface area (Å²) >= 11 is 7.01. The van der Waals surface area contributed by atoms with E-state index in [4.69, 9.17) is 16.3 Å².